The first-order valence-electron chi connectivity index (χ1n) is 5.37. The fourth-order valence-electron chi connectivity index (χ4n) is 1.60. The van der Waals surface area contributed by atoms with Gasteiger partial charge in [0.2, 0.25) is 0 Å². The van der Waals surface area contributed by atoms with Crippen molar-refractivity contribution < 1.29 is 29.7 Å². The molecular weight excluding hydrogens is 260 g/mol. The number of ether oxygens (including phenoxy) is 1. The maximum atomic E-state index is 10.9. The average molecular weight is 274 g/mol. The van der Waals surface area contributed by atoms with Gasteiger partial charge in [0.15, 0.2) is 11.5 Å². The van der Waals surface area contributed by atoms with Gasteiger partial charge in [-0.05, 0) is 0 Å². The Morgan fingerprint density at radius 2 is 2.16 bits per heavy atom. The highest BCUT2D eigenvalue weighted by Gasteiger charge is 2.39. The van der Waals surface area contributed by atoms with Gasteiger partial charge in [-0.15, -0.1) is 0 Å². The Balaban J connectivity index is 2.11. The first-order valence-corrected chi connectivity index (χ1v) is 5.37. The highest BCUT2D eigenvalue weighted by atomic mass is 16.8. The van der Waals surface area contributed by atoms with E-state index in [-0.39, 0.29) is 18.1 Å². The number of nitrogens with zero attached hydrogens (tertiary/aromatic N) is 2. The summed E-state index contributed by atoms with van der Waals surface area (Å²) < 4.78 is 5.89. The van der Waals surface area contributed by atoms with Gasteiger partial charge in [-0.2, -0.15) is 4.73 Å². The molecule has 7 N–H and O–H groups in total. The number of aromatic nitrogens is 2. The molecule has 1 amide bonds. The zero-order chi connectivity index (χ0) is 14.2. The highest BCUT2D eigenvalue weighted by Crippen LogP contribution is 2.16. The largest absolute Gasteiger partial charge is 0.388 e. The second-order valence-corrected chi connectivity index (χ2v) is 4.02. The lowest BCUT2D eigenvalue weighted by atomic mass is 10.1. The average Bonchev–Trinajstić information content (AvgIpc) is 2.72. The van der Waals surface area contributed by atoms with Crippen LogP contribution in [0.4, 0.5) is 5.82 Å². The quantitative estimate of drug-likeness (QED) is 0.377. The summed E-state index contributed by atoms with van der Waals surface area (Å²) in [5.74, 6) is -0.996. The molecule has 0 bridgehead atoms. The number of nitrogen functional groups attached to an aromatic ring is 1. The molecular formula is C9H14N4O6. The summed E-state index contributed by atoms with van der Waals surface area (Å²) in [7, 11) is 0. The van der Waals surface area contributed by atoms with Crippen LogP contribution in [0.1, 0.15) is 10.5 Å². The van der Waals surface area contributed by atoms with E-state index < -0.39 is 30.5 Å². The van der Waals surface area contributed by atoms with Gasteiger partial charge in [0.1, 0.15) is 24.6 Å². The van der Waals surface area contributed by atoms with Crippen molar-refractivity contribution in [2.75, 3.05) is 12.3 Å². The smallest absolute Gasteiger partial charge is 0.271 e. The minimum absolute atomic E-state index is 0.163. The molecule has 106 valence electrons. The van der Waals surface area contributed by atoms with Crippen LogP contribution in [0.3, 0.4) is 0 Å². The summed E-state index contributed by atoms with van der Waals surface area (Å²) in [5, 5.41) is 28.4. The van der Waals surface area contributed by atoms with E-state index in [4.69, 9.17) is 21.0 Å². The van der Waals surface area contributed by atoms with Crippen molar-refractivity contribution >= 4 is 11.7 Å². The monoisotopic (exact) mass is 274 g/mol. The molecule has 1 aromatic heterocycles. The molecule has 10 nitrogen and oxygen atoms in total. The van der Waals surface area contributed by atoms with Crippen molar-refractivity contribution in [2.45, 2.75) is 24.6 Å². The number of anilines is 1. The van der Waals surface area contributed by atoms with Crippen LogP contribution in [0.15, 0.2) is 6.33 Å². The summed E-state index contributed by atoms with van der Waals surface area (Å²) in [6.07, 6.45) is -4.31. The topological polar surface area (TPSA) is 166 Å². The molecule has 1 saturated heterocycles. The predicted octanol–water partition coefficient (Wildman–Crippen LogP) is -3.57. The van der Waals surface area contributed by atoms with Gasteiger partial charge < -0.3 is 36.4 Å². The number of imidazole rings is 1. The van der Waals surface area contributed by atoms with Crippen molar-refractivity contribution in [3.63, 3.8) is 0 Å². The number of hydrogen-bond donors (Lipinski definition) is 5. The SMILES string of the molecule is NC(=O)c1ncn(OC2OCC(O)C(O)C2O)c1N. The normalized spacial score (nSPS) is 31.1. The Morgan fingerprint density at radius 1 is 1.47 bits per heavy atom. The van der Waals surface area contributed by atoms with Crippen molar-refractivity contribution in [3.05, 3.63) is 12.0 Å². The molecule has 1 aliphatic rings. The lowest BCUT2D eigenvalue weighted by molar-refractivity contribution is -0.268. The molecule has 1 aromatic rings. The lowest BCUT2D eigenvalue weighted by Crippen LogP contribution is -2.56. The minimum Gasteiger partial charge on any atom is -0.388 e. The number of hydrogen-bond acceptors (Lipinski definition) is 8. The molecule has 0 spiro atoms. The zero-order valence-corrected chi connectivity index (χ0v) is 9.71. The number of carbonyl (C=O) groups is 1. The third-order valence-electron chi connectivity index (χ3n) is 2.68. The fourth-order valence-corrected chi connectivity index (χ4v) is 1.60. The highest BCUT2D eigenvalue weighted by molar-refractivity contribution is 5.95. The molecule has 0 aliphatic carbocycles. The van der Waals surface area contributed by atoms with E-state index in [1.807, 2.05) is 0 Å². The fraction of sp³-hybridized carbons (Fsp3) is 0.556. The summed E-state index contributed by atoms with van der Waals surface area (Å²) >= 11 is 0. The van der Waals surface area contributed by atoms with Crippen LogP contribution < -0.4 is 16.3 Å². The molecule has 2 heterocycles. The van der Waals surface area contributed by atoms with Crippen LogP contribution in [0.2, 0.25) is 0 Å². The van der Waals surface area contributed by atoms with E-state index in [9.17, 15) is 20.1 Å². The Labute approximate surface area is 107 Å². The summed E-state index contributed by atoms with van der Waals surface area (Å²) in [6.45, 7) is -0.222. The number of aliphatic hydroxyl groups excluding tert-OH is 3. The van der Waals surface area contributed by atoms with Gasteiger partial charge in [0.05, 0.1) is 6.61 Å². The summed E-state index contributed by atoms with van der Waals surface area (Å²) in [5.41, 5.74) is 10.4. The van der Waals surface area contributed by atoms with Crippen LogP contribution in [-0.4, -0.2) is 62.1 Å². The van der Waals surface area contributed by atoms with Crippen molar-refractivity contribution in [3.8, 4) is 0 Å². The van der Waals surface area contributed by atoms with E-state index in [2.05, 4.69) is 4.98 Å². The van der Waals surface area contributed by atoms with Gasteiger partial charge in [0, 0.05) is 0 Å². The van der Waals surface area contributed by atoms with Crippen molar-refractivity contribution in [2.24, 2.45) is 5.73 Å². The number of rotatable bonds is 3. The first-order chi connectivity index (χ1) is 8.91. The van der Waals surface area contributed by atoms with E-state index >= 15 is 0 Å². The second kappa shape index (κ2) is 5.01. The lowest BCUT2D eigenvalue weighted by Gasteiger charge is -2.34. The van der Waals surface area contributed by atoms with E-state index in [1.165, 1.54) is 0 Å². The maximum absolute atomic E-state index is 10.9. The summed E-state index contributed by atoms with van der Waals surface area (Å²) in [4.78, 5) is 19.7. The van der Waals surface area contributed by atoms with Crippen molar-refractivity contribution in [1.82, 2.24) is 9.71 Å². The van der Waals surface area contributed by atoms with E-state index in [0.717, 1.165) is 11.1 Å². The molecule has 2 rings (SSSR count). The number of nitrogens with two attached hydrogens (primary N) is 2. The standard InChI is InChI=1S/C9H14N4O6/c10-7-4(8(11)17)12-2-13(7)19-9-6(16)5(15)3(14)1-18-9/h2-3,5-6,9,14-16H,1,10H2,(H2,11,17). The maximum Gasteiger partial charge on any atom is 0.271 e. The molecule has 0 aromatic carbocycles. The van der Waals surface area contributed by atoms with Gasteiger partial charge in [0.25, 0.3) is 12.2 Å². The number of amides is 1. The van der Waals surface area contributed by atoms with Crippen LogP contribution in [-0.2, 0) is 4.74 Å². The molecule has 1 aliphatic heterocycles. The number of primary amides is 1. The Hall–Kier alpha value is -1.88. The predicted molar refractivity (Wildman–Crippen MR) is 59.5 cm³/mol. The Kier molecular flexibility index (Phi) is 3.57. The number of aliphatic hydroxyl groups is 3. The molecule has 0 radical (unpaired) electrons. The third kappa shape index (κ3) is 2.46. The second-order valence-electron chi connectivity index (χ2n) is 4.02. The zero-order valence-electron chi connectivity index (χ0n) is 9.71. The minimum atomic E-state index is -1.48. The molecule has 4 atom stereocenters. The molecule has 4 unspecified atom stereocenters. The van der Waals surface area contributed by atoms with E-state index in [1.54, 1.807) is 0 Å². The Bertz CT molecular complexity index is 477. The van der Waals surface area contributed by atoms with Gasteiger partial charge in [-0.25, -0.2) is 4.98 Å². The third-order valence-corrected chi connectivity index (χ3v) is 2.68. The van der Waals surface area contributed by atoms with Crippen LogP contribution in [0, 0.1) is 0 Å². The molecule has 10 heteroatoms. The van der Waals surface area contributed by atoms with Crippen molar-refractivity contribution in [1.29, 1.82) is 0 Å². The van der Waals surface area contributed by atoms with Gasteiger partial charge >= 0.3 is 0 Å². The molecule has 19 heavy (non-hydrogen) atoms. The molecule has 1 fully saturated rings. The van der Waals surface area contributed by atoms with Crippen LogP contribution in [0.5, 0.6) is 0 Å². The number of carbonyl (C=O) groups excluding carboxylic acids is 1. The Morgan fingerprint density at radius 3 is 2.74 bits per heavy atom. The van der Waals surface area contributed by atoms with Crippen LogP contribution in [0.25, 0.3) is 0 Å². The van der Waals surface area contributed by atoms with Gasteiger partial charge in [-0.3, -0.25) is 4.79 Å². The van der Waals surface area contributed by atoms with E-state index in [0.29, 0.717) is 0 Å². The van der Waals surface area contributed by atoms with Crippen LogP contribution >= 0.6 is 0 Å². The first kappa shape index (κ1) is 13.5. The van der Waals surface area contributed by atoms with Gasteiger partial charge in [-0.1, -0.05) is 0 Å². The molecule has 0 saturated carbocycles. The summed E-state index contributed by atoms with van der Waals surface area (Å²) in [6, 6.07) is 0.